The molecule has 0 amide bonds. The van der Waals surface area contributed by atoms with Crippen LogP contribution >= 0.6 is 0 Å². The van der Waals surface area contributed by atoms with E-state index >= 15 is 0 Å². The first-order valence-electron chi connectivity index (χ1n) is 4.31. The number of benzene rings is 1. The second-order valence-corrected chi connectivity index (χ2v) is 3.07. The Morgan fingerprint density at radius 2 is 2.21 bits per heavy atom. The summed E-state index contributed by atoms with van der Waals surface area (Å²) in [7, 11) is 3.09. The fourth-order valence-electron chi connectivity index (χ4n) is 1.37. The maximum atomic E-state index is 13.2. The van der Waals surface area contributed by atoms with Crippen molar-refractivity contribution >= 4 is 0 Å². The average Bonchev–Trinajstić information content (AvgIpc) is 2.12. The molecule has 0 spiro atoms. The van der Waals surface area contributed by atoms with E-state index in [9.17, 15) is 9.50 Å². The van der Waals surface area contributed by atoms with E-state index in [0.29, 0.717) is 17.7 Å². The van der Waals surface area contributed by atoms with E-state index in [4.69, 9.17) is 4.74 Å². The van der Waals surface area contributed by atoms with E-state index in [0.717, 1.165) is 0 Å². The molecule has 1 aromatic carbocycles. The van der Waals surface area contributed by atoms with Gasteiger partial charge in [0, 0.05) is 12.1 Å². The van der Waals surface area contributed by atoms with Crippen LogP contribution in [0.5, 0.6) is 11.5 Å². The number of methoxy groups -OCH3 is 1. The van der Waals surface area contributed by atoms with Crippen molar-refractivity contribution in [3.8, 4) is 11.5 Å². The van der Waals surface area contributed by atoms with Gasteiger partial charge >= 0.3 is 0 Å². The molecule has 0 unspecified atom stereocenters. The Balaban J connectivity index is 3.28. The molecule has 0 saturated carbocycles. The quantitative estimate of drug-likeness (QED) is 0.776. The van der Waals surface area contributed by atoms with Crippen LogP contribution in [0.3, 0.4) is 0 Å². The maximum absolute atomic E-state index is 13.2. The molecule has 0 atom stereocenters. The number of nitrogens with one attached hydrogen (secondary N) is 1. The lowest BCUT2D eigenvalue weighted by Gasteiger charge is -2.12. The highest BCUT2D eigenvalue weighted by Gasteiger charge is 2.15. The molecule has 78 valence electrons. The molecular weight excluding hydrogens is 185 g/mol. The molecule has 3 nitrogen and oxygen atoms in total. The molecular formula is C10H14FNO2. The van der Waals surface area contributed by atoms with Crippen molar-refractivity contribution in [3.05, 3.63) is 23.0 Å². The molecule has 0 saturated heterocycles. The minimum atomic E-state index is -0.539. The van der Waals surface area contributed by atoms with Crippen LogP contribution in [-0.2, 0) is 6.54 Å². The van der Waals surface area contributed by atoms with Gasteiger partial charge in [-0.3, -0.25) is 0 Å². The molecule has 0 radical (unpaired) electrons. The lowest BCUT2D eigenvalue weighted by molar-refractivity contribution is 0.347. The molecule has 0 aliphatic heterocycles. The smallest absolute Gasteiger partial charge is 0.196 e. The Labute approximate surface area is 82.5 Å². The number of hydrogen-bond donors (Lipinski definition) is 2. The van der Waals surface area contributed by atoms with Crippen molar-refractivity contribution in [1.82, 2.24) is 5.32 Å². The third kappa shape index (κ3) is 1.80. The molecule has 0 aliphatic carbocycles. The van der Waals surface area contributed by atoms with Crippen LogP contribution in [0, 0.1) is 12.7 Å². The number of phenols is 1. The highest BCUT2D eigenvalue weighted by atomic mass is 19.1. The van der Waals surface area contributed by atoms with Crippen molar-refractivity contribution in [2.45, 2.75) is 13.5 Å². The van der Waals surface area contributed by atoms with Crippen molar-refractivity contribution in [2.75, 3.05) is 14.2 Å². The number of hydrogen-bond acceptors (Lipinski definition) is 3. The minimum absolute atomic E-state index is 0.0964. The summed E-state index contributed by atoms with van der Waals surface area (Å²) < 4.78 is 18.0. The molecule has 0 heterocycles. The van der Waals surface area contributed by atoms with Crippen molar-refractivity contribution in [3.63, 3.8) is 0 Å². The first kappa shape index (κ1) is 10.8. The summed E-state index contributed by atoms with van der Waals surface area (Å²) in [5.41, 5.74) is 1.36. The molecule has 2 N–H and O–H groups in total. The lowest BCUT2D eigenvalue weighted by Crippen LogP contribution is -2.08. The van der Waals surface area contributed by atoms with Gasteiger partial charge in [0.1, 0.15) is 0 Å². The number of ether oxygens (including phenoxy) is 1. The van der Waals surface area contributed by atoms with Crippen molar-refractivity contribution in [2.24, 2.45) is 0 Å². The van der Waals surface area contributed by atoms with Gasteiger partial charge in [-0.05, 0) is 25.6 Å². The highest BCUT2D eigenvalue weighted by molar-refractivity contribution is 5.50. The summed E-state index contributed by atoms with van der Waals surface area (Å²) in [4.78, 5) is 0. The molecule has 1 rings (SSSR count). The maximum Gasteiger partial charge on any atom is 0.196 e. The number of rotatable bonds is 3. The Kier molecular flexibility index (Phi) is 3.30. The number of aromatic hydroxyl groups is 1. The first-order chi connectivity index (χ1) is 6.61. The van der Waals surface area contributed by atoms with Crippen LogP contribution in [0.15, 0.2) is 6.07 Å². The van der Waals surface area contributed by atoms with Crippen molar-refractivity contribution in [1.29, 1.82) is 0 Å². The van der Waals surface area contributed by atoms with E-state index < -0.39 is 5.82 Å². The molecule has 0 aliphatic rings. The summed E-state index contributed by atoms with van der Waals surface area (Å²) in [5.74, 6) is -0.762. The average molecular weight is 199 g/mol. The molecule has 0 aromatic heterocycles. The number of aryl methyl sites for hydroxylation is 1. The standard InChI is InChI=1S/C10H14FNO2/c1-6-4-8(11)10(14-3)9(13)7(6)5-12-2/h4,12-13H,5H2,1-3H3. The summed E-state index contributed by atoms with van der Waals surface area (Å²) in [5, 5.41) is 12.6. The second kappa shape index (κ2) is 4.28. The summed E-state index contributed by atoms with van der Waals surface area (Å²) in [6, 6.07) is 1.35. The minimum Gasteiger partial charge on any atom is -0.504 e. The zero-order chi connectivity index (χ0) is 10.7. The van der Waals surface area contributed by atoms with Gasteiger partial charge in [0.15, 0.2) is 17.3 Å². The predicted octanol–water partition coefficient (Wildman–Crippen LogP) is 1.57. The van der Waals surface area contributed by atoms with Crippen molar-refractivity contribution < 1.29 is 14.2 Å². The van der Waals surface area contributed by atoms with Gasteiger partial charge < -0.3 is 15.2 Å². The molecule has 14 heavy (non-hydrogen) atoms. The van der Waals surface area contributed by atoms with Gasteiger partial charge in [-0.1, -0.05) is 0 Å². The van der Waals surface area contributed by atoms with E-state index in [1.165, 1.54) is 13.2 Å². The number of phenolic OH excluding ortho intramolecular Hbond substituents is 1. The zero-order valence-electron chi connectivity index (χ0n) is 8.52. The fourth-order valence-corrected chi connectivity index (χ4v) is 1.37. The Morgan fingerprint density at radius 1 is 1.57 bits per heavy atom. The van der Waals surface area contributed by atoms with E-state index in [1.807, 2.05) is 0 Å². The topological polar surface area (TPSA) is 41.5 Å². The van der Waals surface area contributed by atoms with Crippen LogP contribution in [0.25, 0.3) is 0 Å². The SMILES string of the molecule is CNCc1c(C)cc(F)c(OC)c1O. The summed E-state index contributed by atoms with van der Waals surface area (Å²) >= 11 is 0. The van der Waals surface area contributed by atoms with E-state index in [1.54, 1.807) is 14.0 Å². The second-order valence-electron chi connectivity index (χ2n) is 3.07. The van der Waals surface area contributed by atoms with Crippen LogP contribution in [0.1, 0.15) is 11.1 Å². The highest BCUT2D eigenvalue weighted by Crippen LogP contribution is 2.34. The Bertz CT molecular complexity index is 339. The Hall–Kier alpha value is -1.29. The number of halogens is 1. The first-order valence-corrected chi connectivity index (χ1v) is 4.31. The third-order valence-electron chi connectivity index (χ3n) is 2.09. The molecule has 0 bridgehead atoms. The van der Waals surface area contributed by atoms with Gasteiger partial charge in [0.2, 0.25) is 0 Å². The summed E-state index contributed by atoms with van der Waals surface area (Å²) in [6.07, 6.45) is 0. The van der Waals surface area contributed by atoms with Gasteiger partial charge in [-0.15, -0.1) is 0 Å². The lowest BCUT2D eigenvalue weighted by atomic mass is 10.1. The third-order valence-corrected chi connectivity index (χ3v) is 2.09. The largest absolute Gasteiger partial charge is 0.504 e. The van der Waals surface area contributed by atoms with Crippen LogP contribution < -0.4 is 10.1 Å². The van der Waals surface area contributed by atoms with Gasteiger partial charge in [-0.25, -0.2) is 4.39 Å². The summed E-state index contributed by atoms with van der Waals surface area (Å²) in [6.45, 7) is 2.23. The van der Waals surface area contributed by atoms with E-state index in [-0.39, 0.29) is 11.5 Å². The Morgan fingerprint density at radius 3 is 2.71 bits per heavy atom. The van der Waals surface area contributed by atoms with Gasteiger partial charge in [0.05, 0.1) is 7.11 Å². The van der Waals surface area contributed by atoms with E-state index in [2.05, 4.69) is 5.32 Å². The van der Waals surface area contributed by atoms with Gasteiger partial charge in [0.25, 0.3) is 0 Å². The molecule has 0 fully saturated rings. The van der Waals surface area contributed by atoms with Gasteiger partial charge in [-0.2, -0.15) is 0 Å². The molecule has 4 heteroatoms. The zero-order valence-corrected chi connectivity index (χ0v) is 8.52. The predicted molar refractivity (Wildman–Crippen MR) is 52.1 cm³/mol. The normalized spacial score (nSPS) is 10.3. The van der Waals surface area contributed by atoms with Crippen LogP contribution in [0.4, 0.5) is 4.39 Å². The molecule has 1 aromatic rings. The van der Waals surface area contributed by atoms with Crippen LogP contribution in [-0.4, -0.2) is 19.3 Å². The fraction of sp³-hybridized carbons (Fsp3) is 0.400. The monoisotopic (exact) mass is 199 g/mol. The van der Waals surface area contributed by atoms with Crippen LogP contribution in [0.2, 0.25) is 0 Å².